The first-order valence-electron chi connectivity index (χ1n) is 3.79. The summed E-state index contributed by atoms with van der Waals surface area (Å²) in [7, 11) is 0. The third kappa shape index (κ3) is 1.40. The lowest BCUT2D eigenvalue weighted by Gasteiger charge is -1.99. The Morgan fingerprint density at radius 3 is 3.00 bits per heavy atom. The molecule has 68 valence electrons. The summed E-state index contributed by atoms with van der Waals surface area (Å²) < 4.78 is 0.697. The predicted molar refractivity (Wildman–Crippen MR) is 54.8 cm³/mol. The maximum atomic E-state index is 11.0. The molecule has 0 spiro atoms. The van der Waals surface area contributed by atoms with Crippen LogP contribution in [0.2, 0.25) is 0 Å². The van der Waals surface area contributed by atoms with Crippen LogP contribution in [-0.4, -0.2) is 9.97 Å². The summed E-state index contributed by atoms with van der Waals surface area (Å²) in [6.45, 7) is 0. The summed E-state index contributed by atoms with van der Waals surface area (Å²) in [6.07, 6.45) is 1.21. The molecule has 1 heterocycles. The van der Waals surface area contributed by atoms with Gasteiger partial charge in [-0.3, -0.25) is 4.79 Å². The molecule has 0 radical (unpaired) electrons. The van der Waals surface area contributed by atoms with Gasteiger partial charge in [-0.15, -0.1) is 0 Å². The molecule has 0 unspecified atom stereocenters. The first-order chi connectivity index (χ1) is 6.70. The second-order valence-electron chi connectivity index (χ2n) is 2.71. The number of rotatable bonds is 0. The van der Waals surface area contributed by atoms with Gasteiger partial charge in [0, 0.05) is 4.47 Å². The van der Waals surface area contributed by atoms with Crippen LogP contribution >= 0.6 is 15.9 Å². The van der Waals surface area contributed by atoms with Crippen LogP contribution in [0.25, 0.3) is 11.0 Å². The van der Waals surface area contributed by atoms with Gasteiger partial charge in [-0.1, -0.05) is 0 Å². The van der Waals surface area contributed by atoms with Crippen molar-refractivity contribution in [2.75, 3.05) is 0 Å². The molecule has 0 fully saturated rings. The monoisotopic (exact) mass is 249 g/mol. The summed E-state index contributed by atoms with van der Waals surface area (Å²) in [5, 5.41) is 8.71. The molecule has 4 nitrogen and oxygen atoms in total. The van der Waals surface area contributed by atoms with Crippen LogP contribution in [0.5, 0.6) is 0 Å². The zero-order valence-electron chi connectivity index (χ0n) is 6.91. The summed E-state index contributed by atoms with van der Waals surface area (Å²) in [6, 6.07) is 5.25. The zero-order chi connectivity index (χ0) is 10.1. The van der Waals surface area contributed by atoms with E-state index >= 15 is 0 Å². The number of aromatic nitrogens is 2. The van der Waals surface area contributed by atoms with E-state index in [2.05, 4.69) is 25.9 Å². The van der Waals surface area contributed by atoms with E-state index in [-0.39, 0.29) is 5.56 Å². The quantitative estimate of drug-likeness (QED) is 0.771. The number of nitriles is 1. The molecule has 0 aliphatic carbocycles. The molecule has 14 heavy (non-hydrogen) atoms. The van der Waals surface area contributed by atoms with Gasteiger partial charge in [-0.25, -0.2) is 4.98 Å². The van der Waals surface area contributed by atoms with Crippen LogP contribution in [-0.2, 0) is 0 Å². The Hall–Kier alpha value is -1.67. The highest BCUT2D eigenvalue weighted by molar-refractivity contribution is 9.10. The molecule has 0 atom stereocenters. The maximum absolute atomic E-state index is 11.0. The Morgan fingerprint density at radius 1 is 1.50 bits per heavy atom. The Labute approximate surface area is 87.3 Å². The summed E-state index contributed by atoms with van der Waals surface area (Å²) in [5.41, 5.74) is 1.40. The fourth-order valence-corrected chi connectivity index (χ4v) is 1.74. The number of H-pyrrole nitrogens is 1. The summed E-state index contributed by atoms with van der Waals surface area (Å²) in [5.74, 6) is 0. The Balaban J connectivity index is 2.92. The minimum atomic E-state index is -0.278. The highest BCUT2D eigenvalue weighted by Crippen LogP contribution is 2.21. The second kappa shape index (κ2) is 3.24. The zero-order valence-corrected chi connectivity index (χ0v) is 8.50. The minimum absolute atomic E-state index is 0.278. The number of hydrogen-bond donors (Lipinski definition) is 1. The maximum Gasteiger partial charge on any atom is 0.266 e. The number of nitrogens with zero attached hydrogens (tertiary/aromatic N) is 2. The van der Waals surface area contributed by atoms with Gasteiger partial charge in [0.2, 0.25) is 0 Å². The lowest BCUT2D eigenvalue weighted by Crippen LogP contribution is -2.05. The fraction of sp³-hybridized carbons (Fsp3) is 0. The number of hydrogen-bond acceptors (Lipinski definition) is 3. The van der Waals surface area contributed by atoms with Gasteiger partial charge in [0.15, 0.2) is 0 Å². The average Bonchev–Trinajstić information content (AvgIpc) is 2.16. The van der Waals surface area contributed by atoms with Crippen molar-refractivity contribution in [1.82, 2.24) is 9.97 Å². The first kappa shape index (κ1) is 8.91. The SMILES string of the molecule is N#Cc1cc(Br)c2ncc(=O)[nH]c2c1. The topological polar surface area (TPSA) is 69.5 Å². The molecule has 0 bridgehead atoms. The van der Waals surface area contributed by atoms with Crippen molar-refractivity contribution < 1.29 is 0 Å². The van der Waals surface area contributed by atoms with Crippen LogP contribution in [0.1, 0.15) is 5.56 Å². The number of fused-ring (bicyclic) bond motifs is 1. The van der Waals surface area contributed by atoms with E-state index in [0.717, 1.165) is 0 Å². The Bertz CT molecular complexity index is 597. The molecule has 0 aliphatic heterocycles. The lowest BCUT2D eigenvalue weighted by molar-refractivity contribution is 1.21. The second-order valence-corrected chi connectivity index (χ2v) is 3.57. The van der Waals surface area contributed by atoms with E-state index in [4.69, 9.17) is 5.26 Å². The number of aromatic amines is 1. The van der Waals surface area contributed by atoms with Crippen LogP contribution in [0.3, 0.4) is 0 Å². The molecule has 2 aromatic rings. The molecular formula is C9H4BrN3O. The van der Waals surface area contributed by atoms with Crippen molar-refractivity contribution in [2.24, 2.45) is 0 Å². The third-order valence-corrected chi connectivity index (χ3v) is 2.37. The highest BCUT2D eigenvalue weighted by atomic mass is 79.9. The van der Waals surface area contributed by atoms with Crippen molar-refractivity contribution >= 4 is 27.0 Å². The van der Waals surface area contributed by atoms with Gasteiger partial charge < -0.3 is 4.98 Å². The molecule has 0 amide bonds. The van der Waals surface area contributed by atoms with E-state index in [9.17, 15) is 4.79 Å². The van der Waals surface area contributed by atoms with Crippen molar-refractivity contribution in [1.29, 1.82) is 5.26 Å². The van der Waals surface area contributed by atoms with E-state index in [1.807, 2.05) is 6.07 Å². The van der Waals surface area contributed by atoms with Gasteiger partial charge in [-0.2, -0.15) is 5.26 Å². The molecule has 1 aromatic carbocycles. The summed E-state index contributed by atoms with van der Waals surface area (Å²) >= 11 is 3.28. The van der Waals surface area contributed by atoms with Crippen molar-refractivity contribution in [3.63, 3.8) is 0 Å². The molecule has 0 saturated carbocycles. The van der Waals surface area contributed by atoms with Gasteiger partial charge in [0.1, 0.15) is 5.52 Å². The number of benzene rings is 1. The first-order valence-corrected chi connectivity index (χ1v) is 4.58. The van der Waals surface area contributed by atoms with Gasteiger partial charge in [0.05, 0.1) is 23.3 Å². The van der Waals surface area contributed by atoms with Gasteiger partial charge >= 0.3 is 0 Å². The van der Waals surface area contributed by atoms with E-state index in [1.165, 1.54) is 6.20 Å². The van der Waals surface area contributed by atoms with E-state index < -0.39 is 0 Å². The predicted octanol–water partition coefficient (Wildman–Crippen LogP) is 1.56. The van der Waals surface area contributed by atoms with Crippen molar-refractivity contribution in [3.8, 4) is 6.07 Å². The highest BCUT2D eigenvalue weighted by Gasteiger charge is 2.03. The molecular weight excluding hydrogens is 246 g/mol. The largest absolute Gasteiger partial charge is 0.319 e. The van der Waals surface area contributed by atoms with Crippen LogP contribution in [0.4, 0.5) is 0 Å². The van der Waals surface area contributed by atoms with Crippen molar-refractivity contribution in [3.05, 3.63) is 38.7 Å². The fourth-order valence-electron chi connectivity index (χ4n) is 1.18. The molecule has 0 aliphatic rings. The van der Waals surface area contributed by atoms with Gasteiger partial charge in [-0.05, 0) is 28.1 Å². The van der Waals surface area contributed by atoms with Crippen LogP contribution in [0, 0.1) is 11.3 Å². The standard InChI is InChI=1S/C9H4BrN3O/c10-6-1-5(3-11)2-7-9(6)12-4-8(14)13-7/h1-2,4H,(H,13,14). The molecule has 2 rings (SSSR count). The number of halogens is 1. The smallest absolute Gasteiger partial charge is 0.266 e. The third-order valence-electron chi connectivity index (χ3n) is 1.76. The van der Waals surface area contributed by atoms with Crippen LogP contribution in [0.15, 0.2) is 27.6 Å². The normalized spacial score (nSPS) is 10.0. The van der Waals surface area contributed by atoms with Gasteiger partial charge in [0.25, 0.3) is 5.56 Å². The van der Waals surface area contributed by atoms with E-state index in [1.54, 1.807) is 12.1 Å². The molecule has 1 N–H and O–H groups in total. The molecule has 1 aromatic heterocycles. The molecule has 0 saturated heterocycles. The summed E-state index contributed by atoms with van der Waals surface area (Å²) in [4.78, 5) is 17.5. The lowest BCUT2D eigenvalue weighted by atomic mass is 10.2. The Morgan fingerprint density at radius 2 is 2.29 bits per heavy atom. The van der Waals surface area contributed by atoms with E-state index in [0.29, 0.717) is 21.1 Å². The Kier molecular flexibility index (Phi) is 2.06. The van der Waals surface area contributed by atoms with Crippen molar-refractivity contribution in [2.45, 2.75) is 0 Å². The average molecular weight is 250 g/mol. The number of nitrogens with one attached hydrogen (secondary N) is 1. The minimum Gasteiger partial charge on any atom is -0.319 e. The molecule has 5 heteroatoms. The van der Waals surface area contributed by atoms with Crippen LogP contribution < -0.4 is 5.56 Å².